The zero-order valence-electron chi connectivity index (χ0n) is 14.8. The molecule has 6 heteroatoms. The molecule has 0 aliphatic carbocycles. The predicted octanol–water partition coefficient (Wildman–Crippen LogP) is 1.81. The van der Waals surface area contributed by atoms with Gasteiger partial charge in [-0.15, -0.1) is 0 Å². The van der Waals surface area contributed by atoms with Gasteiger partial charge in [-0.05, 0) is 50.4 Å². The molecule has 1 aromatic heterocycles. The van der Waals surface area contributed by atoms with Crippen LogP contribution in [0.2, 0.25) is 0 Å². The van der Waals surface area contributed by atoms with Crippen molar-refractivity contribution in [2.75, 3.05) is 44.6 Å². The molecule has 0 aromatic carbocycles. The third kappa shape index (κ3) is 3.80. The number of hydrogen-bond donors (Lipinski definition) is 2. The number of aryl methyl sites for hydroxylation is 1. The van der Waals surface area contributed by atoms with Gasteiger partial charge in [0, 0.05) is 44.6 Å². The van der Waals surface area contributed by atoms with Gasteiger partial charge in [-0.1, -0.05) is 6.07 Å². The Kier molecular flexibility index (Phi) is 4.65. The van der Waals surface area contributed by atoms with E-state index in [9.17, 15) is 4.79 Å². The summed E-state index contributed by atoms with van der Waals surface area (Å²) in [6.45, 7) is 7.45. The molecule has 25 heavy (non-hydrogen) atoms. The van der Waals surface area contributed by atoms with E-state index in [-0.39, 0.29) is 6.42 Å². The Bertz CT molecular complexity index is 642. The van der Waals surface area contributed by atoms with Crippen LogP contribution in [0.3, 0.4) is 0 Å². The van der Waals surface area contributed by atoms with Gasteiger partial charge in [-0.25, -0.2) is 4.98 Å². The maximum absolute atomic E-state index is 10.6. The molecule has 3 aliphatic heterocycles. The monoisotopic (exact) mass is 344 g/mol. The lowest BCUT2D eigenvalue weighted by Gasteiger charge is -2.48. The molecule has 4 rings (SSSR count). The number of fused-ring (bicyclic) bond motifs is 1. The smallest absolute Gasteiger partial charge is 0.303 e. The van der Waals surface area contributed by atoms with E-state index >= 15 is 0 Å². The van der Waals surface area contributed by atoms with Gasteiger partial charge < -0.3 is 15.3 Å². The fourth-order valence-corrected chi connectivity index (χ4v) is 4.62. The molecule has 2 saturated heterocycles. The number of carboxylic acids is 1. The molecule has 2 N–H and O–H groups in total. The molecule has 2 fully saturated rings. The summed E-state index contributed by atoms with van der Waals surface area (Å²) in [7, 11) is 0. The number of rotatable bonds is 6. The predicted molar refractivity (Wildman–Crippen MR) is 96.7 cm³/mol. The summed E-state index contributed by atoms with van der Waals surface area (Å²) in [6, 6.07) is 4.43. The normalized spacial score (nSPS) is 22.4. The molecular formula is C19H28N4O2. The van der Waals surface area contributed by atoms with Crippen LogP contribution >= 0.6 is 0 Å². The van der Waals surface area contributed by atoms with Crippen molar-refractivity contribution in [3.8, 4) is 0 Å². The lowest BCUT2D eigenvalue weighted by molar-refractivity contribution is -0.137. The third-order valence-electron chi connectivity index (χ3n) is 5.84. The standard InChI is InChI=1S/C19H28N4O2/c24-17(25)4-2-9-23-13-19(14-23)7-10-22(12-19)11-16-6-5-15-3-1-8-20-18(15)21-16/h5-6H,1-4,7-14H2,(H,20,21)(H,24,25). The van der Waals surface area contributed by atoms with Crippen molar-refractivity contribution in [3.05, 3.63) is 23.4 Å². The van der Waals surface area contributed by atoms with Crippen LogP contribution in [-0.2, 0) is 17.8 Å². The van der Waals surface area contributed by atoms with E-state index in [1.54, 1.807) is 0 Å². The lowest BCUT2D eigenvalue weighted by Crippen LogP contribution is -2.57. The Labute approximate surface area is 149 Å². The van der Waals surface area contributed by atoms with Gasteiger partial charge in [-0.3, -0.25) is 9.69 Å². The molecule has 136 valence electrons. The minimum atomic E-state index is -0.686. The number of carbonyl (C=O) groups is 1. The van der Waals surface area contributed by atoms with Crippen LogP contribution in [0.5, 0.6) is 0 Å². The highest BCUT2D eigenvalue weighted by Gasteiger charge is 2.46. The van der Waals surface area contributed by atoms with Gasteiger partial charge in [0.2, 0.25) is 0 Å². The van der Waals surface area contributed by atoms with Crippen LogP contribution < -0.4 is 5.32 Å². The van der Waals surface area contributed by atoms with Crippen LogP contribution in [0.4, 0.5) is 5.82 Å². The van der Waals surface area contributed by atoms with Crippen molar-refractivity contribution in [2.45, 2.75) is 38.6 Å². The molecule has 1 aromatic rings. The topological polar surface area (TPSA) is 68.7 Å². The first kappa shape index (κ1) is 16.8. The Balaban J connectivity index is 1.26. The van der Waals surface area contributed by atoms with Crippen molar-refractivity contribution < 1.29 is 9.90 Å². The van der Waals surface area contributed by atoms with Gasteiger partial charge in [0.1, 0.15) is 5.82 Å². The van der Waals surface area contributed by atoms with Crippen LogP contribution in [0, 0.1) is 5.41 Å². The number of likely N-dealkylation sites (tertiary alicyclic amines) is 2. The third-order valence-corrected chi connectivity index (χ3v) is 5.84. The lowest BCUT2D eigenvalue weighted by atomic mass is 9.79. The zero-order chi connectivity index (χ0) is 17.3. The van der Waals surface area contributed by atoms with E-state index in [1.165, 1.54) is 24.1 Å². The fraction of sp³-hybridized carbons (Fsp3) is 0.684. The van der Waals surface area contributed by atoms with E-state index in [2.05, 4.69) is 27.2 Å². The van der Waals surface area contributed by atoms with Crippen molar-refractivity contribution in [1.82, 2.24) is 14.8 Å². The Morgan fingerprint density at radius 1 is 1.28 bits per heavy atom. The fourth-order valence-electron chi connectivity index (χ4n) is 4.62. The summed E-state index contributed by atoms with van der Waals surface area (Å²) in [6.07, 6.45) is 4.65. The first-order valence-corrected chi connectivity index (χ1v) is 9.51. The van der Waals surface area contributed by atoms with Gasteiger partial charge in [0.15, 0.2) is 0 Å². The summed E-state index contributed by atoms with van der Waals surface area (Å²) >= 11 is 0. The summed E-state index contributed by atoms with van der Waals surface area (Å²) in [4.78, 5) is 20.4. The number of aromatic nitrogens is 1. The van der Waals surface area contributed by atoms with Gasteiger partial charge in [0.05, 0.1) is 5.69 Å². The highest BCUT2D eigenvalue weighted by atomic mass is 16.4. The molecule has 4 heterocycles. The largest absolute Gasteiger partial charge is 0.481 e. The van der Waals surface area contributed by atoms with Crippen LogP contribution in [0.25, 0.3) is 0 Å². The molecular weight excluding hydrogens is 316 g/mol. The van der Waals surface area contributed by atoms with Gasteiger partial charge >= 0.3 is 5.97 Å². The van der Waals surface area contributed by atoms with Gasteiger partial charge in [0.25, 0.3) is 0 Å². The second-order valence-corrected chi connectivity index (χ2v) is 8.01. The minimum Gasteiger partial charge on any atom is -0.481 e. The van der Waals surface area contributed by atoms with Gasteiger partial charge in [-0.2, -0.15) is 0 Å². The molecule has 0 amide bonds. The van der Waals surface area contributed by atoms with Crippen molar-refractivity contribution in [2.24, 2.45) is 5.41 Å². The molecule has 1 spiro atoms. The van der Waals surface area contributed by atoms with E-state index in [0.29, 0.717) is 5.41 Å². The molecule has 0 saturated carbocycles. The average Bonchev–Trinajstić information content (AvgIpc) is 2.98. The SMILES string of the molecule is O=C(O)CCCN1CC2(CCN(Cc3ccc4c(n3)NCCC4)C2)C1. The second-order valence-electron chi connectivity index (χ2n) is 8.01. The summed E-state index contributed by atoms with van der Waals surface area (Å²) < 4.78 is 0. The average molecular weight is 344 g/mol. The first-order valence-electron chi connectivity index (χ1n) is 9.51. The highest BCUT2D eigenvalue weighted by molar-refractivity contribution is 5.66. The maximum Gasteiger partial charge on any atom is 0.303 e. The van der Waals surface area contributed by atoms with Crippen molar-refractivity contribution in [1.29, 1.82) is 0 Å². The van der Waals surface area contributed by atoms with Crippen molar-refractivity contribution in [3.63, 3.8) is 0 Å². The van der Waals surface area contributed by atoms with E-state index in [4.69, 9.17) is 10.1 Å². The highest BCUT2D eigenvalue weighted by Crippen LogP contribution is 2.40. The molecule has 0 bridgehead atoms. The summed E-state index contributed by atoms with van der Waals surface area (Å²) in [5, 5.41) is 12.2. The number of pyridine rings is 1. The van der Waals surface area contributed by atoms with Crippen LogP contribution in [0.1, 0.15) is 36.9 Å². The maximum atomic E-state index is 10.6. The number of nitrogens with one attached hydrogen (secondary N) is 1. The van der Waals surface area contributed by atoms with E-state index < -0.39 is 5.97 Å². The second kappa shape index (κ2) is 6.92. The number of anilines is 1. The van der Waals surface area contributed by atoms with E-state index in [1.807, 2.05) is 0 Å². The number of carboxylic acid groups (broad SMARTS) is 1. The molecule has 0 unspecified atom stereocenters. The van der Waals surface area contributed by atoms with Crippen LogP contribution in [-0.4, -0.2) is 65.1 Å². The molecule has 6 nitrogen and oxygen atoms in total. The zero-order valence-corrected chi connectivity index (χ0v) is 14.8. The molecule has 0 radical (unpaired) electrons. The minimum absolute atomic E-state index is 0.285. The quantitative estimate of drug-likeness (QED) is 0.820. The Morgan fingerprint density at radius 3 is 2.96 bits per heavy atom. The first-order chi connectivity index (χ1) is 12.1. The Hall–Kier alpha value is -1.66. The number of aliphatic carboxylic acids is 1. The van der Waals surface area contributed by atoms with E-state index in [0.717, 1.165) is 64.5 Å². The molecule has 3 aliphatic rings. The Morgan fingerprint density at radius 2 is 2.12 bits per heavy atom. The number of nitrogens with zero attached hydrogens (tertiary/aromatic N) is 3. The summed E-state index contributed by atoms with van der Waals surface area (Å²) in [5.41, 5.74) is 2.96. The summed E-state index contributed by atoms with van der Waals surface area (Å²) in [5.74, 6) is 0.403. The number of hydrogen-bond acceptors (Lipinski definition) is 5. The van der Waals surface area contributed by atoms with Crippen molar-refractivity contribution >= 4 is 11.8 Å². The van der Waals surface area contributed by atoms with Crippen LogP contribution in [0.15, 0.2) is 12.1 Å². The molecule has 0 atom stereocenters.